The lowest BCUT2D eigenvalue weighted by Crippen LogP contribution is -2.42. The van der Waals surface area contributed by atoms with E-state index in [0.29, 0.717) is 45.0 Å². The molecule has 0 bridgehead atoms. The predicted molar refractivity (Wildman–Crippen MR) is 125 cm³/mol. The summed E-state index contributed by atoms with van der Waals surface area (Å²) in [4.78, 5) is 8.78. The lowest BCUT2D eigenvalue weighted by atomic mass is 9.87. The van der Waals surface area contributed by atoms with Gasteiger partial charge in [0.15, 0.2) is 6.10 Å². The Morgan fingerprint density at radius 1 is 1.42 bits per heavy atom. The van der Waals surface area contributed by atoms with E-state index in [1.54, 1.807) is 16.8 Å². The molecule has 0 saturated heterocycles. The summed E-state index contributed by atoms with van der Waals surface area (Å²) >= 11 is 6.35. The highest BCUT2D eigenvalue weighted by atomic mass is 35.5. The molecule has 0 spiro atoms. The summed E-state index contributed by atoms with van der Waals surface area (Å²) < 4.78 is 20.9. The number of aliphatic hydroxyl groups excluding tert-OH is 1. The van der Waals surface area contributed by atoms with Crippen LogP contribution in [-0.2, 0) is 0 Å². The molecule has 4 N–H and O–H groups in total. The zero-order chi connectivity index (χ0) is 23.5. The maximum atomic E-state index is 13.3. The highest BCUT2D eigenvalue weighted by Crippen LogP contribution is 2.32. The third-order valence-electron chi connectivity index (χ3n) is 5.69. The van der Waals surface area contributed by atoms with Gasteiger partial charge in [0, 0.05) is 17.8 Å². The Labute approximate surface area is 195 Å². The van der Waals surface area contributed by atoms with E-state index in [-0.39, 0.29) is 12.6 Å². The van der Waals surface area contributed by atoms with Crippen LogP contribution >= 0.6 is 11.6 Å². The second-order valence-corrected chi connectivity index (χ2v) is 8.28. The van der Waals surface area contributed by atoms with Crippen molar-refractivity contribution in [1.29, 1.82) is 0 Å². The fourth-order valence-corrected chi connectivity index (χ4v) is 4.05. The van der Waals surface area contributed by atoms with Gasteiger partial charge < -0.3 is 21.0 Å². The van der Waals surface area contributed by atoms with E-state index in [9.17, 15) is 9.50 Å². The molecule has 1 atom stereocenters. The van der Waals surface area contributed by atoms with Crippen LogP contribution in [0.15, 0.2) is 46.9 Å². The van der Waals surface area contributed by atoms with Gasteiger partial charge in [-0.05, 0) is 45.0 Å². The van der Waals surface area contributed by atoms with E-state index in [4.69, 9.17) is 27.2 Å². The number of aromatic nitrogens is 3. The number of ether oxygens (including phenoxy) is 1. The van der Waals surface area contributed by atoms with Crippen molar-refractivity contribution in [1.82, 2.24) is 19.9 Å². The van der Waals surface area contributed by atoms with E-state index in [2.05, 4.69) is 20.5 Å². The van der Waals surface area contributed by atoms with Crippen molar-refractivity contribution < 1.29 is 14.2 Å². The van der Waals surface area contributed by atoms with Crippen molar-refractivity contribution in [2.24, 2.45) is 15.9 Å². The minimum Gasteiger partial charge on any atom is -0.479 e. The number of pyridine rings is 2. The van der Waals surface area contributed by atoms with Gasteiger partial charge in [0.05, 0.1) is 41.5 Å². The highest BCUT2D eigenvalue weighted by Gasteiger charge is 2.28. The monoisotopic (exact) mass is 473 g/mol. The Morgan fingerprint density at radius 2 is 2.21 bits per heavy atom. The lowest BCUT2D eigenvalue weighted by Gasteiger charge is -2.32. The molecule has 3 aromatic heterocycles. The Bertz CT molecular complexity index is 1190. The smallest absolute Gasteiger partial charge is 0.163 e. The van der Waals surface area contributed by atoms with Crippen molar-refractivity contribution in [3.05, 3.63) is 58.9 Å². The quantitative estimate of drug-likeness (QED) is 0.262. The average molecular weight is 474 g/mol. The number of nitrogens with one attached hydrogen (secondary N) is 1. The molecule has 0 radical (unpaired) electrons. The lowest BCUT2D eigenvalue weighted by molar-refractivity contribution is 0.114. The zero-order valence-corrected chi connectivity index (χ0v) is 19.0. The van der Waals surface area contributed by atoms with Gasteiger partial charge in [0.1, 0.15) is 22.8 Å². The topological polar surface area (TPSA) is 122 Å². The summed E-state index contributed by atoms with van der Waals surface area (Å²) in [6.07, 6.45) is 5.35. The van der Waals surface area contributed by atoms with Crippen LogP contribution < -0.4 is 15.9 Å². The zero-order valence-electron chi connectivity index (χ0n) is 18.2. The number of nitrogens with zero attached hydrogens (tertiary/aromatic N) is 5. The van der Waals surface area contributed by atoms with Crippen LogP contribution in [0.2, 0.25) is 5.02 Å². The van der Waals surface area contributed by atoms with Gasteiger partial charge in [0.2, 0.25) is 0 Å². The Kier molecular flexibility index (Phi) is 6.87. The number of hydrogen-bond donors (Lipinski definition) is 3. The molecular formula is C22H25ClFN7O2. The van der Waals surface area contributed by atoms with Gasteiger partial charge in [-0.3, -0.25) is 9.98 Å². The molecule has 1 saturated carbocycles. The van der Waals surface area contributed by atoms with Crippen LogP contribution in [0.3, 0.4) is 0 Å². The van der Waals surface area contributed by atoms with E-state index < -0.39 is 11.9 Å². The fourth-order valence-electron chi connectivity index (χ4n) is 3.83. The third kappa shape index (κ3) is 4.82. The first-order valence-corrected chi connectivity index (χ1v) is 10.9. The van der Waals surface area contributed by atoms with Crippen molar-refractivity contribution in [2.45, 2.75) is 38.0 Å². The van der Waals surface area contributed by atoms with Crippen LogP contribution in [0.25, 0.3) is 5.52 Å². The molecule has 9 nitrogen and oxygen atoms in total. The highest BCUT2D eigenvalue weighted by molar-refractivity contribution is 6.47. The van der Waals surface area contributed by atoms with Crippen LogP contribution in [-0.4, -0.2) is 56.9 Å². The minimum atomic E-state index is -0.850. The number of rotatable bonds is 8. The summed E-state index contributed by atoms with van der Waals surface area (Å²) in [6.45, 7) is 1.48. The number of aliphatic imine (C=N–C) groups is 1. The fraction of sp³-hybridized carbons (Fsp3) is 0.364. The molecule has 0 amide bonds. The molecular weight excluding hydrogens is 449 g/mol. The predicted octanol–water partition coefficient (Wildman–Crippen LogP) is 2.51. The van der Waals surface area contributed by atoms with E-state index in [1.165, 1.54) is 18.3 Å². The first-order valence-electron chi connectivity index (χ1n) is 10.5. The van der Waals surface area contributed by atoms with E-state index in [0.717, 1.165) is 19.0 Å². The Balaban J connectivity index is 1.69. The normalized spacial score (nSPS) is 20.0. The SMILES string of the molecule is CNC1CC(N=C(C)/C(=N\N)c2cc(OC(CO)c3ccc(F)cn3)c3c(Cl)cnn3c2)C1. The van der Waals surface area contributed by atoms with E-state index in [1.807, 2.05) is 14.0 Å². The number of hydrogen-bond acceptors (Lipinski definition) is 8. The van der Waals surface area contributed by atoms with Gasteiger partial charge >= 0.3 is 0 Å². The van der Waals surface area contributed by atoms with Gasteiger partial charge in [-0.1, -0.05) is 11.6 Å². The van der Waals surface area contributed by atoms with Gasteiger partial charge in [0.25, 0.3) is 0 Å². The Morgan fingerprint density at radius 3 is 2.85 bits per heavy atom. The standard InChI is InChI=1S/C22H25ClFN7O2/c1-12(29-16-6-15(7-16)26-2)21(30-25)13-5-19(22-17(23)9-28-31(22)10-13)33-20(11-32)18-4-3-14(24)8-27-18/h3-5,8-10,15-16,20,26,32H,6-7,11,25H2,1-2H3/b29-12?,30-21+. The first-order chi connectivity index (χ1) is 15.9. The molecule has 3 aromatic rings. The number of halogens is 2. The molecule has 1 aliphatic rings. The summed E-state index contributed by atoms with van der Waals surface area (Å²) in [6, 6.07) is 5.11. The number of aliphatic hydroxyl groups is 1. The molecule has 4 rings (SSSR count). The molecule has 1 unspecified atom stereocenters. The largest absolute Gasteiger partial charge is 0.479 e. The molecule has 1 fully saturated rings. The van der Waals surface area contributed by atoms with Crippen LogP contribution in [0.5, 0.6) is 5.75 Å². The molecule has 0 aromatic carbocycles. The van der Waals surface area contributed by atoms with Gasteiger partial charge in [-0.15, -0.1) is 0 Å². The molecule has 0 aliphatic heterocycles. The number of nitrogens with two attached hydrogens (primary N) is 1. The van der Waals surface area contributed by atoms with Crippen LogP contribution in [0, 0.1) is 5.82 Å². The van der Waals surface area contributed by atoms with Crippen molar-refractivity contribution in [2.75, 3.05) is 13.7 Å². The number of fused-ring (bicyclic) bond motifs is 1. The summed E-state index contributed by atoms with van der Waals surface area (Å²) in [7, 11) is 1.94. The second kappa shape index (κ2) is 9.82. The van der Waals surface area contributed by atoms with Crippen molar-refractivity contribution >= 4 is 28.5 Å². The van der Waals surface area contributed by atoms with Gasteiger partial charge in [-0.2, -0.15) is 10.2 Å². The van der Waals surface area contributed by atoms with Gasteiger partial charge in [-0.25, -0.2) is 8.91 Å². The van der Waals surface area contributed by atoms with E-state index >= 15 is 0 Å². The van der Waals surface area contributed by atoms with Crippen LogP contribution in [0.4, 0.5) is 4.39 Å². The first kappa shape index (κ1) is 23.1. The molecule has 11 heteroatoms. The summed E-state index contributed by atoms with van der Waals surface area (Å²) in [5.41, 5.74) is 2.67. The maximum absolute atomic E-state index is 13.3. The average Bonchev–Trinajstić information content (AvgIpc) is 3.16. The minimum absolute atomic E-state index is 0.209. The Hall–Kier alpha value is -3.08. The third-order valence-corrected chi connectivity index (χ3v) is 5.97. The summed E-state index contributed by atoms with van der Waals surface area (Å²) in [5.74, 6) is 5.60. The molecule has 33 heavy (non-hydrogen) atoms. The number of hydrazone groups is 1. The van der Waals surface area contributed by atoms with Crippen LogP contribution in [0.1, 0.15) is 37.1 Å². The second-order valence-electron chi connectivity index (χ2n) is 7.87. The molecule has 3 heterocycles. The van der Waals surface area contributed by atoms with Crippen molar-refractivity contribution in [3.8, 4) is 5.75 Å². The summed E-state index contributed by atoms with van der Waals surface area (Å²) in [5, 5.41) is 21.8. The molecule has 174 valence electrons. The van der Waals surface area contributed by atoms with Crippen molar-refractivity contribution in [3.63, 3.8) is 0 Å². The molecule has 1 aliphatic carbocycles. The maximum Gasteiger partial charge on any atom is 0.163 e.